The predicted octanol–water partition coefficient (Wildman–Crippen LogP) is 2.35. The minimum absolute atomic E-state index is 0.410. The molecule has 1 aromatic rings. The fraction of sp³-hybridized carbons (Fsp3) is 0.400. The highest BCUT2D eigenvalue weighted by atomic mass is 79.9. The van der Waals surface area contributed by atoms with Crippen LogP contribution in [-0.2, 0) is 11.2 Å². The lowest BCUT2D eigenvalue weighted by Crippen LogP contribution is -2.19. The molecule has 0 saturated carbocycles. The summed E-state index contributed by atoms with van der Waals surface area (Å²) < 4.78 is 0.919. The maximum absolute atomic E-state index is 11.0. The van der Waals surface area contributed by atoms with E-state index in [0.29, 0.717) is 6.42 Å². The number of pyridine rings is 1. The SMILES string of the molecule is O=C(O)C1CCCc2cc(Br)cnc21. The first-order valence-corrected chi connectivity index (χ1v) is 5.35. The van der Waals surface area contributed by atoms with Crippen LogP contribution in [0.3, 0.4) is 0 Å². The first kappa shape index (κ1) is 9.65. The van der Waals surface area contributed by atoms with Crippen molar-refractivity contribution in [3.63, 3.8) is 0 Å². The van der Waals surface area contributed by atoms with E-state index in [4.69, 9.17) is 5.11 Å². The Kier molecular flexibility index (Phi) is 2.54. The number of rotatable bonds is 1. The second kappa shape index (κ2) is 3.69. The molecule has 1 aliphatic rings. The number of aliphatic carboxylic acids is 1. The molecule has 1 aromatic heterocycles. The van der Waals surface area contributed by atoms with Gasteiger partial charge in [-0.2, -0.15) is 0 Å². The van der Waals surface area contributed by atoms with Crippen LogP contribution in [0.4, 0.5) is 0 Å². The molecule has 0 bridgehead atoms. The normalized spacial score (nSPS) is 20.2. The zero-order valence-electron chi connectivity index (χ0n) is 7.53. The van der Waals surface area contributed by atoms with Crippen LogP contribution in [0.1, 0.15) is 30.0 Å². The first-order valence-electron chi connectivity index (χ1n) is 4.55. The van der Waals surface area contributed by atoms with Gasteiger partial charge in [0, 0.05) is 10.7 Å². The molecule has 14 heavy (non-hydrogen) atoms. The van der Waals surface area contributed by atoms with E-state index in [1.807, 2.05) is 6.07 Å². The summed E-state index contributed by atoms with van der Waals surface area (Å²) in [6.45, 7) is 0. The Balaban J connectivity index is 2.44. The molecule has 0 aromatic carbocycles. The number of carboxylic acid groups (broad SMARTS) is 1. The van der Waals surface area contributed by atoms with Crippen molar-refractivity contribution in [2.24, 2.45) is 0 Å². The van der Waals surface area contributed by atoms with Gasteiger partial charge in [0.2, 0.25) is 0 Å². The van der Waals surface area contributed by atoms with Crippen LogP contribution in [0.15, 0.2) is 16.7 Å². The molecule has 1 N–H and O–H groups in total. The molecule has 2 rings (SSSR count). The molecule has 3 nitrogen and oxygen atoms in total. The molecular formula is C10H10BrNO2. The number of carbonyl (C=O) groups is 1. The molecule has 0 spiro atoms. The van der Waals surface area contributed by atoms with Crippen molar-refractivity contribution >= 4 is 21.9 Å². The van der Waals surface area contributed by atoms with Crippen LogP contribution in [-0.4, -0.2) is 16.1 Å². The number of hydrogen-bond donors (Lipinski definition) is 1. The molecule has 1 atom stereocenters. The van der Waals surface area contributed by atoms with Crippen LogP contribution in [0, 0.1) is 0 Å². The minimum Gasteiger partial charge on any atom is -0.481 e. The van der Waals surface area contributed by atoms with Gasteiger partial charge in [-0.3, -0.25) is 9.78 Å². The van der Waals surface area contributed by atoms with Gasteiger partial charge < -0.3 is 5.11 Å². The average Bonchev–Trinajstić information content (AvgIpc) is 2.16. The number of fused-ring (bicyclic) bond motifs is 1. The Morgan fingerprint density at radius 1 is 1.64 bits per heavy atom. The Bertz CT molecular complexity index is 378. The summed E-state index contributed by atoms with van der Waals surface area (Å²) >= 11 is 3.34. The van der Waals surface area contributed by atoms with E-state index in [9.17, 15) is 4.79 Å². The third kappa shape index (κ3) is 1.66. The van der Waals surface area contributed by atoms with Crippen LogP contribution < -0.4 is 0 Å². The van der Waals surface area contributed by atoms with E-state index >= 15 is 0 Å². The second-order valence-corrected chi connectivity index (χ2v) is 4.40. The molecule has 1 unspecified atom stereocenters. The molecule has 0 aliphatic heterocycles. The summed E-state index contributed by atoms with van der Waals surface area (Å²) in [7, 11) is 0. The zero-order valence-corrected chi connectivity index (χ0v) is 9.12. The van der Waals surface area contributed by atoms with E-state index in [0.717, 1.165) is 28.6 Å². The maximum atomic E-state index is 11.0. The van der Waals surface area contributed by atoms with Crippen LogP contribution in [0.2, 0.25) is 0 Å². The van der Waals surface area contributed by atoms with Crippen molar-refractivity contribution in [3.05, 3.63) is 28.0 Å². The van der Waals surface area contributed by atoms with Crippen molar-refractivity contribution in [1.82, 2.24) is 4.98 Å². The fourth-order valence-electron chi connectivity index (χ4n) is 1.88. The smallest absolute Gasteiger partial charge is 0.312 e. The highest BCUT2D eigenvalue weighted by Crippen LogP contribution is 2.31. The summed E-state index contributed by atoms with van der Waals surface area (Å²) in [5.74, 6) is -1.17. The standard InChI is InChI=1S/C10H10BrNO2/c11-7-4-6-2-1-3-8(10(13)14)9(6)12-5-7/h4-5,8H,1-3H2,(H,13,14). The number of aromatic nitrogens is 1. The van der Waals surface area contributed by atoms with E-state index in [1.54, 1.807) is 6.20 Å². The summed E-state index contributed by atoms with van der Waals surface area (Å²) in [5, 5.41) is 9.00. The van der Waals surface area contributed by atoms with Crippen molar-refractivity contribution in [1.29, 1.82) is 0 Å². The number of aryl methyl sites for hydroxylation is 1. The third-order valence-electron chi connectivity index (χ3n) is 2.54. The quantitative estimate of drug-likeness (QED) is 0.839. The van der Waals surface area contributed by atoms with Crippen molar-refractivity contribution in [2.75, 3.05) is 0 Å². The number of halogens is 1. The van der Waals surface area contributed by atoms with Gasteiger partial charge in [-0.25, -0.2) is 0 Å². The van der Waals surface area contributed by atoms with Gasteiger partial charge in [-0.1, -0.05) is 0 Å². The Morgan fingerprint density at radius 2 is 2.43 bits per heavy atom. The lowest BCUT2D eigenvalue weighted by atomic mass is 9.87. The topological polar surface area (TPSA) is 50.2 Å². The maximum Gasteiger partial charge on any atom is 0.312 e. The largest absolute Gasteiger partial charge is 0.481 e. The first-order chi connectivity index (χ1) is 6.68. The van der Waals surface area contributed by atoms with E-state index in [-0.39, 0.29) is 0 Å². The Labute approximate surface area is 90.3 Å². The van der Waals surface area contributed by atoms with Crippen molar-refractivity contribution < 1.29 is 9.90 Å². The summed E-state index contributed by atoms with van der Waals surface area (Å²) in [5.41, 5.74) is 1.81. The van der Waals surface area contributed by atoms with E-state index in [1.165, 1.54) is 0 Å². The summed E-state index contributed by atoms with van der Waals surface area (Å²) in [6, 6.07) is 1.97. The molecule has 74 valence electrons. The highest BCUT2D eigenvalue weighted by Gasteiger charge is 2.27. The lowest BCUT2D eigenvalue weighted by Gasteiger charge is -2.20. The zero-order chi connectivity index (χ0) is 10.1. The highest BCUT2D eigenvalue weighted by molar-refractivity contribution is 9.10. The van der Waals surface area contributed by atoms with E-state index < -0.39 is 11.9 Å². The molecule has 0 saturated heterocycles. The van der Waals surface area contributed by atoms with Gasteiger partial charge in [-0.15, -0.1) is 0 Å². The van der Waals surface area contributed by atoms with E-state index in [2.05, 4.69) is 20.9 Å². The minimum atomic E-state index is -0.763. The second-order valence-electron chi connectivity index (χ2n) is 3.48. The molecular weight excluding hydrogens is 246 g/mol. The monoisotopic (exact) mass is 255 g/mol. The van der Waals surface area contributed by atoms with Crippen molar-refractivity contribution in [2.45, 2.75) is 25.2 Å². The fourth-order valence-corrected chi connectivity index (χ4v) is 2.26. The summed E-state index contributed by atoms with van der Waals surface area (Å²) in [6.07, 6.45) is 4.24. The molecule has 0 radical (unpaired) electrons. The van der Waals surface area contributed by atoms with Crippen LogP contribution >= 0.6 is 15.9 Å². The van der Waals surface area contributed by atoms with Gasteiger partial charge >= 0.3 is 5.97 Å². The van der Waals surface area contributed by atoms with Crippen LogP contribution in [0.5, 0.6) is 0 Å². The Morgan fingerprint density at radius 3 is 3.14 bits per heavy atom. The van der Waals surface area contributed by atoms with Gasteiger partial charge in [-0.05, 0) is 46.8 Å². The Hall–Kier alpha value is -0.900. The number of hydrogen-bond acceptors (Lipinski definition) is 2. The molecule has 0 fully saturated rings. The lowest BCUT2D eigenvalue weighted by molar-refractivity contribution is -0.139. The molecule has 4 heteroatoms. The predicted molar refractivity (Wildman–Crippen MR) is 55.3 cm³/mol. The average molecular weight is 256 g/mol. The third-order valence-corrected chi connectivity index (χ3v) is 2.97. The van der Waals surface area contributed by atoms with Crippen molar-refractivity contribution in [3.8, 4) is 0 Å². The molecule has 1 aliphatic carbocycles. The van der Waals surface area contributed by atoms with Gasteiger partial charge in [0.15, 0.2) is 0 Å². The molecule has 1 heterocycles. The van der Waals surface area contributed by atoms with Gasteiger partial charge in [0.05, 0.1) is 11.6 Å². The molecule has 0 amide bonds. The van der Waals surface area contributed by atoms with Crippen LogP contribution in [0.25, 0.3) is 0 Å². The van der Waals surface area contributed by atoms with Gasteiger partial charge in [0.25, 0.3) is 0 Å². The summed E-state index contributed by atoms with van der Waals surface area (Å²) in [4.78, 5) is 15.1. The van der Waals surface area contributed by atoms with Gasteiger partial charge in [0.1, 0.15) is 0 Å². The number of nitrogens with zero attached hydrogens (tertiary/aromatic N) is 1. The number of carboxylic acids is 1.